The van der Waals surface area contributed by atoms with Crippen LogP contribution in [0.5, 0.6) is 5.75 Å². The Morgan fingerprint density at radius 3 is 3.05 bits per heavy atom. The van der Waals surface area contributed by atoms with Gasteiger partial charge in [0.25, 0.3) is 11.8 Å². The maximum absolute atomic E-state index is 12.0. The van der Waals surface area contributed by atoms with Gasteiger partial charge in [-0.05, 0) is 12.1 Å². The fraction of sp³-hybridized carbons (Fsp3) is 0.0769. The fourth-order valence-corrected chi connectivity index (χ4v) is 1.81. The lowest BCUT2D eigenvalue weighted by molar-refractivity contribution is -0.118. The molecule has 0 saturated carbocycles. The lowest BCUT2D eigenvalue weighted by Gasteiger charge is -2.20. The highest BCUT2D eigenvalue weighted by molar-refractivity contribution is 6.07. The van der Waals surface area contributed by atoms with Gasteiger partial charge in [0.2, 0.25) is 0 Å². The number of rotatable bonds is 2. The molecule has 0 fully saturated rings. The van der Waals surface area contributed by atoms with Crippen molar-refractivity contribution in [3.63, 3.8) is 0 Å². The Morgan fingerprint density at radius 2 is 2.25 bits per heavy atom. The molecule has 20 heavy (non-hydrogen) atoms. The zero-order valence-electron chi connectivity index (χ0n) is 10.3. The van der Waals surface area contributed by atoms with Crippen molar-refractivity contribution < 1.29 is 14.3 Å². The highest BCUT2D eigenvalue weighted by atomic mass is 16.5. The van der Waals surface area contributed by atoms with Crippen LogP contribution >= 0.6 is 0 Å². The van der Waals surface area contributed by atoms with E-state index in [2.05, 4.69) is 20.6 Å². The molecular weight excluding hydrogens is 260 g/mol. The largest absolute Gasteiger partial charge is 0.481 e. The summed E-state index contributed by atoms with van der Waals surface area (Å²) in [5.74, 6) is -0.161. The molecule has 2 aromatic rings. The highest BCUT2D eigenvalue weighted by Gasteiger charge is 2.20. The van der Waals surface area contributed by atoms with Gasteiger partial charge in [-0.15, -0.1) is 0 Å². The third-order valence-electron chi connectivity index (χ3n) is 2.69. The average Bonchev–Trinajstić information content (AvgIpc) is 2.49. The van der Waals surface area contributed by atoms with Crippen LogP contribution in [0.1, 0.15) is 10.5 Å². The van der Waals surface area contributed by atoms with Crippen LogP contribution in [-0.4, -0.2) is 28.4 Å². The number of carbonyl (C=O) groups is 2. The molecule has 0 spiro atoms. The molecule has 0 unspecified atom stereocenters. The van der Waals surface area contributed by atoms with Crippen molar-refractivity contribution in [2.24, 2.45) is 0 Å². The molecule has 100 valence electrons. The first kappa shape index (κ1) is 12.1. The molecule has 1 aliphatic rings. The van der Waals surface area contributed by atoms with Gasteiger partial charge in [0.1, 0.15) is 17.1 Å². The molecule has 1 aromatic carbocycles. The van der Waals surface area contributed by atoms with Gasteiger partial charge < -0.3 is 15.4 Å². The van der Waals surface area contributed by atoms with Crippen LogP contribution in [0.4, 0.5) is 11.4 Å². The predicted molar refractivity (Wildman–Crippen MR) is 70.6 cm³/mol. The quantitative estimate of drug-likeness (QED) is 0.851. The lowest BCUT2D eigenvalue weighted by Crippen LogP contribution is -2.26. The van der Waals surface area contributed by atoms with Crippen LogP contribution in [0.15, 0.2) is 36.8 Å². The monoisotopic (exact) mass is 270 g/mol. The normalized spacial score (nSPS) is 12.9. The molecule has 1 aromatic heterocycles. The second-order valence-electron chi connectivity index (χ2n) is 4.06. The molecule has 1 aliphatic heterocycles. The summed E-state index contributed by atoms with van der Waals surface area (Å²) in [5, 5.41) is 5.34. The molecule has 0 aliphatic carbocycles. The third-order valence-corrected chi connectivity index (χ3v) is 2.69. The maximum atomic E-state index is 12.0. The van der Waals surface area contributed by atoms with Crippen LogP contribution in [0.2, 0.25) is 0 Å². The fourth-order valence-electron chi connectivity index (χ4n) is 1.81. The Hall–Kier alpha value is -2.96. The van der Waals surface area contributed by atoms with E-state index in [4.69, 9.17) is 4.74 Å². The summed E-state index contributed by atoms with van der Waals surface area (Å²) in [4.78, 5) is 31.1. The molecule has 7 heteroatoms. The number of ether oxygens (including phenoxy) is 1. The first-order valence-electron chi connectivity index (χ1n) is 5.87. The van der Waals surface area contributed by atoms with Gasteiger partial charge in [-0.2, -0.15) is 0 Å². The molecule has 3 rings (SSSR count). The Bertz CT molecular complexity index is 673. The van der Waals surface area contributed by atoms with E-state index in [9.17, 15) is 9.59 Å². The van der Waals surface area contributed by atoms with Crippen LogP contribution < -0.4 is 15.4 Å². The number of amides is 2. The first-order chi connectivity index (χ1) is 9.74. The number of nitrogens with zero attached hydrogens (tertiary/aromatic N) is 2. The lowest BCUT2D eigenvalue weighted by atomic mass is 10.2. The Labute approximate surface area is 114 Å². The van der Waals surface area contributed by atoms with Gasteiger partial charge in [-0.3, -0.25) is 14.6 Å². The molecule has 0 bridgehead atoms. The van der Waals surface area contributed by atoms with Crippen molar-refractivity contribution in [1.29, 1.82) is 0 Å². The maximum Gasteiger partial charge on any atom is 0.275 e. The van der Waals surface area contributed by atoms with Crippen molar-refractivity contribution >= 4 is 23.2 Å². The SMILES string of the molecule is O=C1COc2cccc(NC(=O)c3cnccn3)c2N1. The minimum Gasteiger partial charge on any atom is -0.481 e. The number of anilines is 2. The molecule has 7 nitrogen and oxygen atoms in total. The number of fused-ring (bicyclic) bond motifs is 1. The van der Waals surface area contributed by atoms with Gasteiger partial charge in [0, 0.05) is 12.4 Å². The smallest absolute Gasteiger partial charge is 0.275 e. The Kier molecular flexibility index (Phi) is 3.00. The summed E-state index contributed by atoms with van der Waals surface area (Å²) in [6.07, 6.45) is 4.27. The van der Waals surface area contributed by atoms with E-state index < -0.39 is 5.91 Å². The van der Waals surface area contributed by atoms with Crippen LogP contribution in [0.25, 0.3) is 0 Å². The van der Waals surface area contributed by atoms with Gasteiger partial charge in [0.15, 0.2) is 6.61 Å². The number of hydrogen-bond donors (Lipinski definition) is 2. The summed E-state index contributed by atoms with van der Waals surface area (Å²) in [5.41, 5.74) is 1.08. The predicted octanol–water partition coefficient (Wildman–Crippen LogP) is 1.06. The minimum atomic E-state index is -0.411. The summed E-state index contributed by atoms with van der Waals surface area (Å²) in [7, 11) is 0. The zero-order chi connectivity index (χ0) is 13.9. The zero-order valence-corrected chi connectivity index (χ0v) is 10.3. The van der Waals surface area contributed by atoms with Crippen molar-refractivity contribution in [2.75, 3.05) is 17.2 Å². The second kappa shape index (κ2) is 4.96. The van der Waals surface area contributed by atoms with E-state index in [1.54, 1.807) is 18.2 Å². The summed E-state index contributed by atoms with van der Waals surface area (Å²) in [6, 6.07) is 5.11. The number of carbonyl (C=O) groups excluding carboxylic acids is 2. The van der Waals surface area contributed by atoms with Crippen molar-refractivity contribution in [3.8, 4) is 5.75 Å². The van der Waals surface area contributed by atoms with Gasteiger partial charge >= 0.3 is 0 Å². The van der Waals surface area contributed by atoms with E-state index in [1.807, 2.05) is 0 Å². The van der Waals surface area contributed by atoms with Gasteiger partial charge in [-0.1, -0.05) is 6.07 Å². The number of para-hydroxylation sites is 1. The average molecular weight is 270 g/mol. The minimum absolute atomic E-state index is 0.0332. The van der Waals surface area contributed by atoms with E-state index >= 15 is 0 Å². The molecule has 0 saturated heterocycles. The van der Waals surface area contributed by atoms with Crippen molar-refractivity contribution in [3.05, 3.63) is 42.5 Å². The topological polar surface area (TPSA) is 93.2 Å². The van der Waals surface area contributed by atoms with Crippen LogP contribution in [0.3, 0.4) is 0 Å². The molecule has 0 atom stereocenters. The first-order valence-corrected chi connectivity index (χ1v) is 5.87. The summed E-state index contributed by atoms with van der Waals surface area (Å²) >= 11 is 0. The van der Waals surface area contributed by atoms with E-state index in [-0.39, 0.29) is 18.2 Å². The van der Waals surface area contributed by atoms with Gasteiger partial charge in [0.05, 0.1) is 11.9 Å². The number of hydrogen-bond acceptors (Lipinski definition) is 5. The number of aromatic nitrogens is 2. The van der Waals surface area contributed by atoms with E-state index in [0.29, 0.717) is 17.1 Å². The molecule has 2 heterocycles. The second-order valence-corrected chi connectivity index (χ2v) is 4.06. The standard InChI is InChI=1S/C13H10N4O3/c18-11-7-20-10-3-1-2-8(12(10)17-11)16-13(19)9-6-14-4-5-15-9/h1-6H,7H2,(H,16,19)(H,17,18). The summed E-state index contributed by atoms with van der Waals surface area (Å²) < 4.78 is 5.27. The summed E-state index contributed by atoms with van der Waals surface area (Å²) in [6.45, 7) is -0.0332. The third kappa shape index (κ3) is 2.28. The molecule has 0 radical (unpaired) electrons. The highest BCUT2D eigenvalue weighted by Crippen LogP contribution is 2.34. The molecule has 2 amide bonds. The number of nitrogens with one attached hydrogen (secondary N) is 2. The number of benzene rings is 1. The Morgan fingerprint density at radius 1 is 1.35 bits per heavy atom. The van der Waals surface area contributed by atoms with Crippen molar-refractivity contribution in [2.45, 2.75) is 0 Å². The van der Waals surface area contributed by atoms with Gasteiger partial charge in [-0.25, -0.2) is 4.98 Å². The van der Waals surface area contributed by atoms with Crippen molar-refractivity contribution in [1.82, 2.24) is 9.97 Å². The Balaban J connectivity index is 1.88. The molecular formula is C13H10N4O3. The molecule has 2 N–H and O–H groups in total. The van der Waals surface area contributed by atoms with Crippen LogP contribution in [-0.2, 0) is 4.79 Å². The van der Waals surface area contributed by atoms with E-state index in [0.717, 1.165) is 0 Å². The van der Waals surface area contributed by atoms with Crippen LogP contribution in [0, 0.1) is 0 Å². The van der Waals surface area contributed by atoms with E-state index in [1.165, 1.54) is 18.6 Å².